The van der Waals surface area contributed by atoms with Crippen LogP contribution < -0.4 is 5.32 Å². The summed E-state index contributed by atoms with van der Waals surface area (Å²) in [5, 5.41) is 4.61. The summed E-state index contributed by atoms with van der Waals surface area (Å²) in [6, 6.07) is 3.79. The minimum absolute atomic E-state index is 0.0734. The number of aryl methyl sites for hydroxylation is 1. The summed E-state index contributed by atoms with van der Waals surface area (Å²) in [6.07, 6.45) is 2.83. The van der Waals surface area contributed by atoms with Gasteiger partial charge in [0.2, 0.25) is 11.8 Å². The minimum Gasteiger partial charge on any atom is -0.440 e. The molecule has 0 saturated carbocycles. The number of nitrogens with zero attached hydrogens (tertiary/aromatic N) is 3. The van der Waals surface area contributed by atoms with Crippen molar-refractivity contribution in [2.24, 2.45) is 0 Å². The summed E-state index contributed by atoms with van der Waals surface area (Å²) in [6.45, 7) is -0.662. The molecule has 0 aromatic carbocycles. The van der Waals surface area contributed by atoms with Crippen molar-refractivity contribution in [3.05, 3.63) is 47.2 Å². The summed E-state index contributed by atoms with van der Waals surface area (Å²) in [5.41, 5.74) is 0.565. The molecule has 1 N–H and O–H groups in total. The van der Waals surface area contributed by atoms with Crippen LogP contribution in [0.2, 0.25) is 0 Å². The monoisotopic (exact) mass is 366 g/mol. The molecule has 3 heterocycles. The van der Waals surface area contributed by atoms with Crippen LogP contribution in [0, 0.1) is 6.92 Å². The number of carbonyl (C=O) groups excluding carboxylic acids is 1. The minimum atomic E-state index is -2.64. The lowest BCUT2D eigenvalue weighted by molar-refractivity contribution is -0.120. The Bertz CT molecular complexity index is 842. The van der Waals surface area contributed by atoms with Gasteiger partial charge in [-0.3, -0.25) is 9.36 Å². The fourth-order valence-corrected chi connectivity index (χ4v) is 2.99. The molecule has 1 amide bonds. The van der Waals surface area contributed by atoms with Crippen molar-refractivity contribution in [1.29, 1.82) is 0 Å². The summed E-state index contributed by atoms with van der Waals surface area (Å²) >= 11 is 1.51. The van der Waals surface area contributed by atoms with E-state index in [9.17, 15) is 13.6 Å². The third-order valence-electron chi connectivity index (χ3n) is 3.58. The van der Waals surface area contributed by atoms with E-state index >= 15 is 0 Å². The highest BCUT2D eigenvalue weighted by Gasteiger charge is 2.16. The molecule has 0 fully saturated rings. The van der Waals surface area contributed by atoms with E-state index in [2.05, 4.69) is 15.3 Å². The number of alkyl halides is 2. The van der Waals surface area contributed by atoms with Crippen LogP contribution in [0.5, 0.6) is 0 Å². The Labute approximate surface area is 146 Å². The number of nitrogens with one attached hydrogen (secondary N) is 1. The molecule has 0 unspecified atom stereocenters. The van der Waals surface area contributed by atoms with Crippen molar-refractivity contribution in [3.8, 4) is 10.8 Å². The van der Waals surface area contributed by atoms with E-state index < -0.39 is 6.55 Å². The largest absolute Gasteiger partial charge is 0.440 e. The van der Waals surface area contributed by atoms with Gasteiger partial charge in [-0.15, -0.1) is 11.3 Å². The van der Waals surface area contributed by atoms with Crippen LogP contribution in [0.4, 0.5) is 8.78 Å². The second-order valence-electron chi connectivity index (χ2n) is 5.30. The van der Waals surface area contributed by atoms with Crippen LogP contribution in [0.25, 0.3) is 10.8 Å². The van der Waals surface area contributed by atoms with Crippen LogP contribution >= 0.6 is 11.3 Å². The van der Waals surface area contributed by atoms with Crippen LogP contribution in [-0.2, 0) is 17.6 Å². The number of imidazole rings is 1. The standard InChI is InChI=1S/C16H16F2N4O2S/c1-10-11(21-15(24-10)12-3-2-8-25-12)9-14(23)20-5-4-13-19-6-7-22(13)16(17)18/h2-3,6-8,16H,4-5,9H2,1H3,(H,20,23). The lowest BCUT2D eigenvalue weighted by atomic mass is 10.2. The zero-order valence-corrected chi connectivity index (χ0v) is 14.2. The van der Waals surface area contributed by atoms with E-state index in [0.717, 1.165) is 9.44 Å². The lowest BCUT2D eigenvalue weighted by Crippen LogP contribution is -2.28. The molecule has 3 aromatic rings. The van der Waals surface area contributed by atoms with E-state index in [1.807, 2.05) is 17.5 Å². The van der Waals surface area contributed by atoms with E-state index in [1.54, 1.807) is 6.92 Å². The van der Waals surface area contributed by atoms with Gasteiger partial charge < -0.3 is 9.73 Å². The highest BCUT2D eigenvalue weighted by molar-refractivity contribution is 7.13. The number of hydrogen-bond acceptors (Lipinski definition) is 5. The van der Waals surface area contributed by atoms with Crippen LogP contribution in [0.1, 0.15) is 23.8 Å². The average Bonchev–Trinajstić information content (AvgIpc) is 3.29. The predicted octanol–water partition coefficient (Wildman–Crippen LogP) is 3.20. The normalized spacial score (nSPS) is 11.2. The Balaban J connectivity index is 1.54. The molecule has 25 heavy (non-hydrogen) atoms. The third-order valence-corrected chi connectivity index (χ3v) is 4.44. The fourth-order valence-electron chi connectivity index (χ4n) is 2.34. The van der Waals surface area contributed by atoms with Crippen molar-refractivity contribution in [2.45, 2.75) is 26.3 Å². The first kappa shape index (κ1) is 17.3. The number of amides is 1. The summed E-state index contributed by atoms with van der Waals surface area (Å²) in [5.74, 6) is 1.07. The number of thiophene rings is 1. The average molecular weight is 366 g/mol. The number of rotatable bonds is 7. The zero-order valence-electron chi connectivity index (χ0n) is 13.4. The highest BCUT2D eigenvalue weighted by atomic mass is 32.1. The third kappa shape index (κ3) is 4.11. The maximum atomic E-state index is 12.7. The Morgan fingerprint density at radius 2 is 2.32 bits per heavy atom. The van der Waals surface area contributed by atoms with Crippen molar-refractivity contribution in [2.75, 3.05) is 6.54 Å². The fraction of sp³-hybridized carbons (Fsp3) is 0.312. The molecule has 0 atom stereocenters. The first-order chi connectivity index (χ1) is 12.0. The molecule has 0 radical (unpaired) electrons. The van der Waals surface area contributed by atoms with E-state index in [0.29, 0.717) is 17.3 Å². The molecular weight excluding hydrogens is 350 g/mol. The Morgan fingerprint density at radius 3 is 3.04 bits per heavy atom. The number of oxazole rings is 1. The van der Waals surface area contributed by atoms with Gasteiger partial charge in [-0.2, -0.15) is 8.78 Å². The van der Waals surface area contributed by atoms with Crippen molar-refractivity contribution < 1.29 is 18.0 Å². The van der Waals surface area contributed by atoms with E-state index in [1.165, 1.54) is 23.7 Å². The molecule has 3 rings (SSSR count). The van der Waals surface area contributed by atoms with Gasteiger partial charge in [0.15, 0.2) is 0 Å². The lowest BCUT2D eigenvalue weighted by Gasteiger charge is -2.07. The topological polar surface area (TPSA) is 73.0 Å². The van der Waals surface area contributed by atoms with Gasteiger partial charge in [-0.1, -0.05) is 6.07 Å². The van der Waals surface area contributed by atoms with Crippen LogP contribution in [0.3, 0.4) is 0 Å². The second-order valence-corrected chi connectivity index (χ2v) is 6.25. The SMILES string of the molecule is Cc1oc(-c2cccs2)nc1CC(=O)NCCc1nccn1C(F)F. The van der Waals surface area contributed by atoms with Crippen LogP contribution in [-0.4, -0.2) is 27.0 Å². The molecule has 0 saturated heterocycles. The Kier molecular flexibility index (Phi) is 5.22. The van der Waals surface area contributed by atoms with Crippen LogP contribution in [0.15, 0.2) is 34.3 Å². The molecule has 0 spiro atoms. The van der Waals surface area contributed by atoms with E-state index in [4.69, 9.17) is 4.42 Å². The predicted molar refractivity (Wildman–Crippen MR) is 88.5 cm³/mol. The maximum absolute atomic E-state index is 12.7. The molecule has 6 nitrogen and oxygen atoms in total. The van der Waals surface area contributed by atoms with Crippen molar-refractivity contribution >= 4 is 17.2 Å². The smallest absolute Gasteiger partial charge is 0.319 e. The molecule has 3 aromatic heterocycles. The van der Waals surface area contributed by atoms with Crippen molar-refractivity contribution in [1.82, 2.24) is 19.9 Å². The highest BCUT2D eigenvalue weighted by Crippen LogP contribution is 2.26. The van der Waals surface area contributed by atoms with Gasteiger partial charge in [0.1, 0.15) is 11.6 Å². The number of halogens is 2. The van der Waals surface area contributed by atoms with Gasteiger partial charge >= 0.3 is 6.55 Å². The first-order valence-corrected chi connectivity index (χ1v) is 8.49. The summed E-state index contributed by atoms with van der Waals surface area (Å²) in [7, 11) is 0. The number of aromatic nitrogens is 3. The molecule has 132 valence electrons. The Morgan fingerprint density at radius 1 is 1.48 bits per heavy atom. The van der Waals surface area contributed by atoms with Gasteiger partial charge in [-0.05, 0) is 18.4 Å². The molecule has 0 aliphatic rings. The van der Waals surface area contributed by atoms with Gasteiger partial charge in [-0.25, -0.2) is 9.97 Å². The molecule has 9 heteroatoms. The Hall–Kier alpha value is -2.55. The molecule has 0 aliphatic heterocycles. The maximum Gasteiger partial charge on any atom is 0.319 e. The zero-order chi connectivity index (χ0) is 17.8. The number of carbonyl (C=O) groups is 1. The second kappa shape index (κ2) is 7.56. The molecule has 0 bridgehead atoms. The first-order valence-electron chi connectivity index (χ1n) is 7.61. The van der Waals surface area contributed by atoms with Crippen molar-refractivity contribution in [3.63, 3.8) is 0 Å². The van der Waals surface area contributed by atoms with E-state index in [-0.39, 0.29) is 31.1 Å². The van der Waals surface area contributed by atoms with Gasteiger partial charge in [0.05, 0.1) is 17.0 Å². The summed E-state index contributed by atoms with van der Waals surface area (Å²) in [4.78, 5) is 21.2. The molecule has 0 aliphatic carbocycles. The quantitative estimate of drug-likeness (QED) is 0.697. The molecular formula is C16H16F2N4O2S. The summed E-state index contributed by atoms with van der Waals surface area (Å²) < 4.78 is 31.8. The van der Waals surface area contributed by atoms with Gasteiger partial charge in [0.25, 0.3) is 0 Å². The number of hydrogen-bond donors (Lipinski definition) is 1. The van der Waals surface area contributed by atoms with Gasteiger partial charge in [0, 0.05) is 25.4 Å².